The molecule has 19 heavy (non-hydrogen) atoms. The number of carbonyl (C=O) groups excluding carboxylic acids is 1. The Kier molecular flexibility index (Phi) is 5.93. The quantitative estimate of drug-likeness (QED) is 0.590. The maximum atomic E-state index is 12.1. The van der Waals surface area contributed by atoms with Gasteiger partial charge in [0.05, 0.1) is 13.0 Å². The van der Waals surface area contributed by atoms with Gasteiger partial charge in [-0.3, -0.25) is 13.8 Å². The first kappa shape index (κ1) is 16.1. The zero-order chi connectivity index (χ0) is 14.5. The minimum atomic E-state index is -1.34. The maximum Gasteiger partial charge on any atom is 0.303 e. The molecule has 2 N–H and O–H groups in total. The van der Waals surface area contributed by atoms with E-state index in [9.17, 15) is 13.8 Å². The van der Waals surface area contributed by atoms with Gasteiger partial charge >= 0.3 is 5.97 Å². The van der Waals surface area contributed by atoms with Gasteiger partial charge in [0.1, 0.15) is 5.25 Å². The Labute approximate surface area is 115 Å². The lowest BCUT2D eigenvalue weighted by Crippen LogP contribution is -2.38. The van der Waals surface area contributed by atoms with Gasteiger partial charge in [0.15, 0.2) is 0 Å². The van der Waals surface area contributed by atoms with Crippen LogP contribution in [0.3, 0.4) is 0 Å². The highest BCUT2D eigenvalue weighted by Crippen LogP contribution is 2.49. The standard InChI is InChI=1S/C12H21NO5S/c1-9(11(16)13-5-6-18-2)19(17)8-12(3-4-12)7-10(14)15/h9H,3-8H2,1-2H3,(H,13,16)(H,14,15). The van der Waals surface area contributed by atoms with Crippen molar-refractivity contribution in [2.45, 2.75) is 31.4 Å². The van der Waals surface area contributed by atoms with Crippen molar-refractivity contribution in [2.24, 2.45) is 5.41 Å². The molecule has 0 radical (unpaired) electrons. The molecule has 0 aliphatic heterocycles. The molecule has 1 saturated carbocycles. The second kappa shape index (κ2) is 7.00. The Hall–Kier alpha value is -0.950. The van der Waals surface area contributed by atoms with E-state index in [0.717, 1.165) is 12.8 Å². The molecular formula is C12H21NO5S. The summed E-state index contributed by atoms with van der Waals surface area (Å²) in [6.45, 7) is 2.40. The van der Waals surface area contributed by atoms with Gasteiger partial charge in [-0.25, -0.2) is 0 Å². The van der Waals surface area contributed by atoms with Gasteiger partial charge in [-0.15, -0.1) is 0 Å². The average Bonchev–Trinajstić information content (AvgIpc) is 3.06. The van der Waals surface area contributed by atoms with E-state index >= 15 is 0 Å². The topological polar surface area (TPSA) is 92.7 Å². The van der Waals surface area contributed by atoms with Crippen LogP contribution in [-0.4, -0.2) is 52.5 Å². The summed E-state index contributed by atoms with van der Waals surface area (Å²) in [6, 6.07) is 0. The molecule has 1 aliphatic rings. The zero-order valence-corrected chi connectivity index (χ0v) is 12.1. The number of carbonyl (C=O) groups is 2. The van der Waals surface area contributed by atoms with E-state index < -0.39 is 22.0 Å². The molecule has 2 unspecified atom stereocenters. The van der Waals surface area contributed by atoms with Gasteiger partial charge in [0.25, 0.3) is 0 Å². The SMILES string of the molecule is COCCNC(=O)C(C)S(=O)CC1(CC(=O)O)CC1. The molecule has 0 spiro atoms. The molecule has 1 amide bonds. The maximum absolute atomic E-state index is 12.1. The molecule has 0 aromatic rings. The summed E-state index contributed by atoms with van der Waals surface area (Å²) in [6.07, 6.45) is 1.60. The molecule has 0 bridgehead atoms. The lowest BCUT2D eigenvalue weighted by atomic mass is 10.1. The van der Waals surface area contributed by atoms with E-state index in [1.54, 1.807) is 6.92 Å². The lowest BCUT2D eigenvalue weighted by molar-refractivity contribution is -0.138. The molecule has 7 heteroatoms. The normalized spacial score (nSPS) is 19.5. The van der Waals surface area contributed by atoms with E-state index in [0.29, 0.717) is 13.2 Å². The summed E-state index contributed by atoms with van der Waals surface area (Å²) in [4.78, 5) is 22.4. The molecule has 0 aromatic carbocycles. The monoisotopic (exact) mass is 291 g/mol. The number of amides is 1. The van der Waals surface area contributed by atoms with Gasteiger partial charge in [0, 0.05) is 30.2 Å². The number of nitrogens with one attached hydrogen (secondary N) is 1. The second-order valence-electron chi connectivity index (χ2n) is 5.02. The first-order valence-corrected chi connectivity index (χ1v) is 7.64. The van der Waals surface area contributed by atoms with Crippen LogP contribution in [0.25, 0.3) is 0 Å². The third-order valence-electron chi connectivity index (χ3n) is 3.30. The van der Waals surface area contributed by atoms with E-state index in [4.69, 9.17) is 9.84 Å². The van der Waals surface area contributed by atoms with Crippen LogP contribution in [-0.2, 0) is 25.1 Å². The van der Waals surface area contributed by atoms with Crippen molar-refractivity contribution in [2.75, 3.05) is 26.0 Å². The van der Waals surface area contributed by atoms with E-state index in [1.807, 2.05) is 0 Å². The number of aliphatic carboxylic acids is 1. The van der Waals surface area contributed by atoms with E-state index in [-0.39, 0.29) is 23.5 Å². The molecule has 6 nitrogen and oxygen atoms in total. The van der Waals surface area contributed by atoms with Gasteiger partial charge in [-0.1, -0.05) is 0 Å². The summed E-state index contributed by atoms with van der Waals surface area (Å²) in [7, 11) is 0.198. The molecule has 0 aromatic heterocycles. The number of ether oxygens (including phenoxy) is 1. The van der Waals surface area contributed by atoms with Crippen LogP contribution in [0.1, 0.15) is 26.2 Å². The van der Waals surface area contributed by atoms with Crippen molar-refractivity contribution in [3.05, 3.63) is 0 Å². The van der Waals surface area contributed by atoms with E-state index in [2.05, 4.69) is 5.32 Å². The number of hydrogen-bond donors (Lipinski definition) is 2. The van der Waals surface area contributed by atoms with Crippen LogP contribution in [0.15, 0.2) is 0 Å². The third kappa shape index (κ3) is 5.28. The molecule has 0 heterocycles. The number of methoxy groups -OCH3 is 1. The Morgan fingerprint density at radius 3 is 2.58 bits per heavy atom. The zero-order valence-electron chi connectivity index (χ0n) is 11.3. The number of hydrogen-bond acceptors (Lipinski definition) is 4. The largest absolute Gasteiger partial charge is 0.481 e. The van der Waals surface area contributed by atoms with Crippen molar-refractivity contribution in [1.29, 1.82) is 0 Å². The molecular weight excluding hydrogens is 270 g/mol. The summed E-state index contributed by atoms with van der Waals surface area (Å²) >= 11 is 0. The lowest BCUT2D eigenvalue weighted by Gasteiger charge is -2.16. The van der Waals surface area contributed by atoms with Crippen LogP contribution in [0.2, 0.25) is 0 Å². The van der Waals surface area contributed by atoms with Crippen LogP contribution in [0.4, 0.5) is 0 Å². The average molecular weight is 291 g/mol. The fourth-order valence-electron chi connectivity index (χ4n) is 1.84. The van der Waals surface area contributed by atoms with Crippen LogP contribution < -0.4 is 5.32 Å². The Balaban J connectivity index is 2.40. The summed E-state index contributed by atoms with van der Waals surface area (Å²) in [5, 5.41) is 10.8. The summed E-state index contributed by atoms with van der Waals surface area (Å²) < 4.78 is 16.9. The second-order valence-corrected chi connectivity index (χ2v) is 6.78. The smallest absolute Gasteiger partial charge is 0.303 e. The molecule has 110 valence electrons. The molecule has 1 rings (SSSR count). The van der Waals surface area contributed by atoms with Crippen molar-refractivity contribution in [3.8, 4) is 0 Å². The first-order valence-electron chi connectivity index (χ1n) is 6.26. The predicted octanol–water partition coefficient (Wildman–Crippen LogP) is 0.141. The Morgan fingerprint density at radius 1 is 1.47 bits per heavy atom. The highest BCUT2D eigenvalue weighted by molar-refractivity contribution is 7.86. The highest BCUT2D eigenvalue weighted by atomic mass is 32.2. The minimum Gasteiger partial charge on any atom is -0.481 e. The van der Waals surface area contributed by atoms with Crippen molar-refractivity contribution in [1.82, 2.24) is 5.32 Å². The van der Waals surface area contributed by atoms with Crippen molar-refractivity contribution < 1.29 is 23.6 Å². The minimum absolute atomic E-state index is 0.0384. The van der Waals surface area contributed by atoms with Crippen LogP contribution in [0, 0.1) is 5.41 Å². The number of carboxylic acids is 1. The van der Waals surface area contributed by atoms with Crippen molar-refractivity contribution in [3.63, 3.8) is 0 Å². The number of carboxylic acid groups (broad SMARTS) is 1. The van der Waals surface area contributed by atoms with Crippen molar-refractivity contribution >= 4 is 22.7 Å². The van der Waals surface area contributed by atoms with Gasteiger partial charge in [0.2, 0.25) is 5.91 Å². The fraction of sp³-hybridized carbons (Fsp3) is 0.833. The molecule has 2 atom stereocenters. The molecule has 1 aliphatic carbocycles. The Morgan fingerprint density at radius 2 is 2.11 bits per heavy atom. The third-order valence-corrected chi connectivity index (χ3v) is 5.20. The van der Waals surface area contributed by atoms with Crippen LogP contribution in [0.5, 0.6) is 0 Å². The Bertz CT molecular complexity index is 367. The van der Waals surface area contributed by atoms with Gasteiger partial charge in [-0.2, -0.15) is 0 Å². The first-order chi connectivity index (χ1) is 8.90. The molecule has 1 fully saturated rings. The van der Waals surface area contributed by atoms with Crippen LogP contribution >= 0.6 is 0 Å². The highest BCUT2D eigenvalue weighted by Gasteiger charge is 2.46. The molecule has 0 saturated heterocycles. The van der Waals surface area contributed by atoms with Gasteiger partial charge in [-0.05, 0) is 25.2 Å². The summed E-state index contributed by atoms with van der Waals surface area (Å²) in [5.41, 5.74) is -0.349. The van der Waals surface area contributed by atoms with Gasteiger partial charge < -0.3 is 15.2 Å². The summed E-state index contributed by atoms with van der Waals surface area (Å²) in [5.74, 6) is -0.855. The fourth-order valence-corrected chi connectivity index (χ4v) is 3.40. The number of rotatable bonds is 9. The van der Waals surface area contributed by atoms with E-state index in [1.165, 1.54) is 7.11 Å². The predicted molar refractivity (Wildman–Crippen MR) is 71.3 cm³/mol.